The summed E-state index contributed by atoms with van der Waals surface area (Å²) < 4.78 is 0. The maximum absolute atomic E-state index is 5.89. The van der Waals surface area contributed by atoms with E-state index in [1.807, 2.05) is 0 Å². The lowest BCUT2D eigenvalue weighted by atomic mass is 9.79. The van der Waals surface area contributed by atoms with Crippen LogP contribution in [0, 0.1) is 17.3 Å². The fraction of sp³-hybridized carbons (Fsp3) is 1.00. The number of halogens is 1. The summed E-state index contributed by atoms with van der Waals surface area (Å²) in [5.74, 6) is 2.53. The van der Waals surface area contributed by atoms with Gasteiger partial charge in [-0.25, -0.2) is 0 Å². The molecule has 0 heterocycles. The van der Waals surface area contributed by atoms with Crippen LogP contribution >= 0.6 is 11.6 Å². The molecule has 0 nitrogen and oxygen atoms in total. The van der Waals surface area contributed by atoms with E-state index < -0.39 is 0 Å². The smallest absolute Gasteiger partial charge is 0.0259 e. The van der Waals surface area contributed by atoms with Gasteiger partial charge in [-0.05, 0) is 30.1 Å². The molecule has 0 saturated heterocycles. The molecule has 1 fully saturated rings. The highest BCUT2D eigenvalue weighted by molar-refractivity contribution is 6.18. The zero-order valence-electron chi connectivity index (χ0n) is 7.15. The second-order valence-electron chi connectivity index (χ2n) is 4.46. The molecule has 0 aromatic heterocycles. The topological polar surface area (TPSA) is 0 Å². The highest BCUT2D eigenvalue weighted by Crippen LogP contribution is 2.45. The van der Waals surface area contributed by atoms with Crippen molar-refractivity contribution in [3.8, 4) is 0 Å². The van der Waals surface area contributed by atoms with E-state index in [0.717, 1.165) is 17.7 Å². The first-order valence-corrected chi connectivity index (χ1v) is 4.65. The monoisotopic (exact) mass is 160 g/mol. The standard InChI is InChI=1S/C9H17Cl/c1-9(2,3)8(6-10)7-4-5-7/h7-8H,4-6H2,1-3H3. The highest BCUT2D eigenvalue weighted by Gasteiger charge is 2.37. The van der Waals surface area contributed by atoms with Crippen molar-refractivity contribution in [3.05, 3.63) is 0 Å². The maximum Gasteiger partial charge on any atom is 0.0259 e. The van der Waals surface area contributed by atoms with Crippen LogP contribution in [0.1, 0.15) is 33.6 Å². The summed E-state index contributed by atoms with van der Waals surface area (Å²) in [7, 11) is 0. The van der Waals surface area contributed by atoms with Crippen LogP contribution < -0.4 is 0 Å². The first kappa shape index (κ1) is 8.39. The van der Waals surface area contributed by atoms with Gasteiger partial charge in [0.1, 0.15) is 0 Å². The Labute approximate surface area is 69.0 Å². The van der Waals surface area contributed by atoms with Gasteiger partial charge in [-0.1, -0.05) is 20.8 Å². The molecule has 0 amide bonds. The largest absolute Gasteiger partial charge is 0.126 e. The normalized spacial score (nSPS) is 22.8. The first-order chi connectivity index (χ1) is 4.55. The molecular formula is C9H17Cl. The third-order valence-corrected chi connectivity index (χ3v) is 2.80. The third kappa shape index (κ3) is 1.88. The van der Waals surface area contributed by atoms with Crippen LogP contribution in [0.25, 0.3) is 0 Å². The molecule has 1 rings (SSSR count). The lowest BCUT2D eigenvalue weighted by molar-refractivity contribution is 0.236. The van der Waals surface area contributed by atoms with Gasteiger partial charge in [-0.2, -0.15) is 0 Å². The zero-order chi connectivity index (χ0) is 7.78. The van der Waals surface area contributed by atoms with E-state index in [1.165, 1.54) is 12.8 Å². The molecule has 1 atom stereocenters. The number of alkyl halides is 1. The highest BCUT2D eigenvalue weighted by atomic mass is 35.5. The van der Waals surface area contributed by atoms with Crippen LogP contribution in [0.5, 0.6) is 0 Å². The number of hydrogen-bond donors (Lipinski definition) is 0. The molecule has 1 unspecified atom stereocenters. The van der Waals surface area contributed by atoms with Crippen LogP contribution in [-0.4, -0.2) is 5.88 Å². The minimum atomic E-state index is 0.420. The van der Waals surface area contributed by atoms with Gasteiger partial charge in [0, 0.05) is 5.88 Å². The number of hydrogen-bond acceptors (Lipinski definition) is 0. The summed E-state index contributed by atoms with van der Waals surface area (Å²) >= 11 is 5.89. The summed E-state index contributed by atoms with van der Waals surface area (Å²) in [5.41, 5.74) is 0.420. The van der Waals surface area contributed by atoms with E-state index in [-0.39, 0.29) is 0 Å². The fourth-order valence-electron chi connectivity index (χ4n) is 1.56. The minimum Gasteiger partial charge on any atom is -0.126 e. The molecule has 0 spiro atoms. The van der Waals surface area contributed by atoms with Gasteiger partial charge in [-0.15, -0.1) is 11.6 Å². The van der Waals surface area contributed by atoms with Gasteiger partial charge in [0.15, 0.2) is 0 Å². The zero-order valence-corrected chi connectivity index (χ0v) is 7.91. The Morgan fingerprint density at radius 3 is 2.00 bits per heavy atom. The van der Waals surface area contributed by atoms with E-state index in [4.69, 9.17) is 11.6 Å². The molecule has 1 saturated carbocycles. The van der Waals surface area contributed by atoms with Gasteiger partial charge in [0.25, 0.3) is 0 Å². The molecule has 1 aliphatic rings. The summed E-state index contributed by atoms with van der Waals surface area (Å²) in [5, 5.41) is 0. The van der Waals surface area contributed by atoms with Crippen molar-refractivity contribution >= 4 is 11.6 Å². The molecule has 10 heavy (non-hydrogen) atoms. The molecule has 1 heteroatoms. The predicted molar refractivity (Wildman–Crippen MR) is 46.4 cm³/mol. The second-order valence-corrected chi connectivity index (χ2v) is 4.77. The molecule has 0 bridgehead atoms. The van der Waals surface area contributed by atoms with Gasteiger partial charge < -0.3 is 0 Å². The Balaban J connectivity index is 2.46. The van der Waals surface area contributed by atoms with E-state index in [1.54, 1.807) is 0 Å². The van der Waals surface area contributed by atoms with Gasteiger partial charge in [0.05, 0.1) is 0 Å². The van der Waals surface area contributed by atoms with Crippen molar-refractivity contribution in [3.63, 3.8) is 0 Å². The molecule has 0 radical (unpaired) electrons. The van der Waals surface area contributed by atoms with Crippen molar-refractivity contribution in [2.45, 2.75) is 33.6 Å². The molecular weight excluding hydrogens is 144 g/mol. The molecule has 60 valence electrons. The molecule has 0 aromatic rings. The second kappa shape index (κ2) is 2.73. The van der Waals surface area contributed by atoms with Crippen LogP contribution in [0.15, 0.2) is 0 Å². The van der Waals surface area contributed by atoms with Gasteiger partial charge in [0.2, 0.25) is 0 Å². The summed E-state index contributed by atoms with van der Waals surface area (Å²) in [6.07, 6.45) is 2.82. The Kier molecular flexibility index (Phi) is 2.29. The Morgan fingerprint density at radius 2 is 1.90 bits per heavy atom. The lowest BCUT2D eigenvalue weighted by Crippen LogP contribution is -2.23. The van der Waals surface area contributed by atoms with Gasteiger partial charge >= 0.3 is 0 Å². The van der Waals surface area contributed by atoms with Crippen molar-refractivity contribution in [2.24, 2.45) is 17.3 Å². The summed E-state index contributed by atoms with van der Waals surface area (Å²) in [6, 6.07) is 0. The Morgan fingerprint density at radius 1 is 1.40 bits per heavy atom. The van der Waals surface area contributed by atoms with Crippen LogP contribution in [-0.2, 0) is 0 Å². The van der Waals surface area contributed by atoms with Crippen molar-refractivity contribution in [1.29, 1.82) is 0 Å². The first-order valence-electron chi connectivity index (χ1n) is 4.11. The number of rotatable bonds is 2. The molecule has 0 N–H and O–H groups in total. The lowest BCUT2D eigenvalue weighted by Gasteiger charge is -2.28. The van der Waals surface area contributed by atoms with E-state index in [2.05, 4.69) is 20.8 Å². The maximum atomic E-state index is 5.89. The van der Waals surface area contributed by atoms with Gasteiger partial charge in [-0.3, -0.25) is 0 Å². The predicted octanol–water partition coefficient (Wildman–Crippen LogP) is 3.30. The minimum absolute atomic E-state index is 0.420. The van der Waals surface area contributed by atoms with E-state index >= 15 is 0 Å². The average molecular weight is 161 g/mol. The fourth-order valence-corrected chi connectivity index (χ4v) is 2.28. The van der Waals surface area contributed by atoms with Crippen molar-refractivity contribution in [1.82, 2.24) is 0 Å². The molecule has 0 aliphatic heterocycles. The van der Waals surface area contributed by atoms with Crippen LogP contribution in [0.3, 0.4) is 0 Å². The quantitative estimate of drug-likeness (QED) is 0.544. The van der Waals surface area contributed by atoms with Crippen LogP contribution in [0.2, 0.25) is 0 Å². The van der Waals surface area contributed by atoms with Crippen molar-refractivity contribution < 1.29 is 0 Å². The average Bonchev–Trinajstić information content (AvgIpc) is 2.46. The molecule has 0 aromatic carbocycles. The van der Waals surface area contributed by atoms with E-state index in [0.29, 0.717) is 5.41 Å². The summed E-state index contributed by atoms with van der Waals surface area (Å²) in [4.78, 5) is 0. The third-order valence-electron chi connectivity index (χ3n) is 2.47. The van der Waals surface area contributed by atoms with E-state index in [9.17, 15) is 0 Å². The Bertz CT molecular complexity index is 108. The SMILES string of the molecule is CC(C)(C)C(CCl)C1CC1. The molecule has 1 aliphatic carbocycles. The van der Waals surface area contributed by atoms with Crippen molar-refractivity contribution in [2.75, 3.05) is 5.88 Å². The Hall–Kier alpha value is 0.290. The summed E-state index contributed by atoms with van der Waals surface area (Å²) in [6.45, 7) is 6.87. The van der Waals surface area contributed by atoms with Crippen LogP contribution in [0.4, 0.5) is 0 Å².